The van der Waals surface area contributed by atoms with Crippen LogP contribution in [0.2, 0.25) is 10.0 Å². The highest BCUT2D eigenvalue weighted by atomic mass is 35.5. The van der Waals surface area contributed by atoms with E-state index in [9.17, 15) is 9.90 Å². The highest BCUT2D eigenvalue weighted by molar-refractivity contribution is 6.31. The summed E-state index contributed by atoms with van der Waals surface area (Å²) >= 11 is 13.0. The minimum atomic E-state index is -0.393. The number of carbonyl (C=O) groups is 1. The summed E-state index contributed by atoms with van der Waals surface area (Å²) in [5.41, 5.74) is 1.88. The van der Waals surface area contributed by atoms with Gasteiger partial charge in [-0.05, 0) is 67.0 Å². The van der Waals surface area contributed by atoms with E-state index in [0.717, 1.165) is 18.4 Å². The Labute approximate surface area is 200 Å². The van der Waals surface area contributed by atoms with E-state index in [1.807, 2.05) is 31.2 Å². The van der Waals surface area contributed by atoms with Gasteiger partial charge >= 0.3 is 0 Å². The van der Waals surface area contributed by atoms with E-state index in [2.05, 4.69) is 37.4 Å². The number of nitrogens with one attached hydrogen (secondary N) is 1. The fourth-order valence-electron chi connectivity index (χ4n) is 5.70. The van der Waals surface area contributed by atoms with Crippen LogP contribution in [0.3, 0.4) is 0 Å². The quantitative estimate of drug-likeness (QED) is 0.554. The van der Waals surface area contributed by atoms with E-state index < -0.39 is 5.41 Å². The minimum absolute atomic E-state index is 0.0626. The van der Waals surface area contributed by atoms with Crippen LogP contribution in [0.4, 0.5) is 0 Å². The van der Waals surface area contributed by atoms with Crippen LogP contribution in [-0.4, -0.2) is 30.3 Å². The first kappa shape index (κ1) is 23.4. The van der Waals surface area contributed by atoms with Gasteiger partial charge in [-0.3, -0.25) is 4.79 Å². The molecule has 2 aliphatic rings. The molecule has 2 N–H and O–H groups in total. The van der Waals surface area contributed by atoms with Gasteiger partial charge < -0.3 is 15.2 Å². The summed E-state index contributed by atoms with van der Waals surface area (Å²) in [5, 5.41) is 13.8. The number of amides is 1. The zero-order chi connectivity index (χ0) is 23.0. The molecular formula is C26H31Cl2NO3. The lowest BCUT2D eigenvalue weighted by Crippen LogP contribution is -2.42. The number of carbonyl (C=O) groups excluding carboxylic acids is 1. The molecule has 6 atom stereocenters. The molecule has 4 rings (SSSR count). The van der Waals surface area contributed by atoms with Gasteiger partial charge in [-0.2, -0.15) is 0 Å². The summed E-state index contributed by atoms with van der Waals surface area (Å²) in [4.78, 5) is 12.9. The van der Waals surface area contributed by atoms with E-state index >= 15 is 0 Å². The number of ether oxygens (including phenoxy) is 1. The number of aliphatic hydroxyl groups is 1. The zero-order valence-corrected chi connectivity index (χ0v) is 20.3. The van der Waals surface area contributed by atoms with Crippen molar-refractivity contribution in [1.29, 1.82) is 0 Å². The van der Waals surface area contributed by atoms with E-state index in [0.29, 0.717) is 22.4 Å². The van der Waals surface area contributed by atoms with Gasteiger partial charge in [0.05, 0.1) is 12.0 Å². The maximum absolute atomic E-state index is 12.9. The van der Waals surface area contributed by atoms with Gasteiger partial charge in [-0.25, -0.2) is 0 Å². The molecule has 1 amide bonds. The molecule has 0 bridgehead atoms. The molecule has 0 unspecified atom stereocenters. The number of benzene rings is 2. The fourth-order valence-corrected chi connectivity index (χ4v) is 6.14. The summed E-state index contributed by atoms with van der Waals surface area (Å²) in [6.45, 7) is 6.68. The van der Waals surface area contributed by atoms with E-state index in [1.165, 1.54) is 5.56 Å². The first-order valence-corrected chi connectivity index (χ1v) is 12.1. The molecule has 0 aromatic heterocycles. The van der Waals surface area contributed by atoms with Crippen molar-refractivity contribution in [2.45, 2.75) is 51.5 Å². The lowest BCUT2D eigenvalue weighted by Gasteiger charge is -2.46. The van der Waals surface area contributed by atoms with E-state index in [1.54, 1.807) is 0 Å². The number of fused-ring (bicyclic) bond motifs is 1. The highest BCUT2D eigenvalue weighted by Gasteiger charge is 2.57. The Balaban J connectivity index is 1.71. The van der Waals surface area contributed by atoms with Crippen LogP contribution in [-0.2, 0) is 4.79 Å². The Hall–Kier alpha value is -1.75. The van der Waals surface area contributed by atoms with Gasteiger partial charge in [0.25, 0.3) is 0 Å². The molecule has 1 aliphatic heterocycles. The lowest BCUT2D eigenvalue weighted by molar-refractivity contribution is -0.129. The van der Waals surface area contributed by atoms with Crippen molar-refractivity contribution >= 4 is 29.1 Å². The van der Waals surface area contributed by atoms with Crippen LogP contribution in [0, 0.1) is 17.3 Å². The van der Waals surface area contributed by atoms with Crippen molar-refractivity contribution in [3.8, 4) is 5.75 Å². The van der Waals surface area contributed by atoms with Gasteiger partial charge in [-0.15, -0.1) is 0 Å². The predicted octanol–water partition coefficient (Wildman–Crippen LogP) is 5.80. The fraction of sp³-hybridized carbons (Fsp3) is 0.500. The summed E-state index contributed by atoms with van der Waals surface area (Å²) in [5.74, 6) is 1.40. The Morgan fingerprint density at radius 1 is 1.22 bits per heavy atom. The van der Waals surface area contributed by atoms with Crippen LogP contribution < -0.4 is 10.1 Å². The monoisotopic (exact) mass is 475 g/mol. The predicted molar refractivity (Wildman–Crippen MR) is 129 cm³/mol. The van der Waals surface area contributed by atoms with Crippen LogP contribution >= 0.6 is 23.2 Å². The number of rotatable bonds is 6. The summed E-state index contributed by atoms with van der Waals surface area (Å²) in [6.07, 6.45) is 1.70. The SMILES string of the molecule is C[C@@H](CO)COc1ccc([C@@H]2CC[C@@]3(C)C(=O)N[C@H](C)[C@H]3[C@H]2c2ccc(Cl)cc2)c(Cl)c1. The highest BCUT2D eigenvalue weighted by Crippen LogP contribution is 2.59. The molecule has 1 heterocycles. The lowest BCUT2D eigenvalue weighted by atomic mass is 9.56. The average molecular weight is 476 g/mol. The third-order valence-corrected chi connectivity index (χ3v) is 8.00. The minimum Gasteiger partial charge on any atom is -0.493 e. The second-order valence-electron chi connectivity index (χ2n) is 9.71. The average Bonchev–Trinajstić information content (AvgIpc) is 3.00. The van der Waals surface area contributed by atoms with E-state index in [-0.39, 0.29) is 42.2 Å². The largest absolute Gasteiger partial charge is 0.493 e. The van der Waals surface area contributed by atoms with Crippen molar-refractivity contribution in [1.82, 2.24) is 5.32 Å². The van der Waals surface area contributed by atoms with Crippen LogP contribution in [0.25, 0.3) is 0 Å². The van der Waals surface area contributed by atoms with Gasteiger partial charge in [-0.1, -0.05) is 55.2 Å². The molecule has 32 heavy (non-hydrogen) atoms. The normalized spacial score (nSPS) is 30.5. The first-order valence-electron chi connectivity index (χ1n) is 11.3. The van der Waals surface area contributed by atoms with Crippen LogP contribution in [0.15, 0.2) is 42.5 Å². The molecule has 0 spiro atoms. The number of halogens is 2. The molecule has 172 valence electrons. The molecule has 4 nitrogen and oxygen atoms in total. The number of hydrogen-bond acceptors (Lipinski definition) is 3. The maximum Gasteiger partial charge on any atom is 0.226 e. The molecule has 1 saturated heterocycles. The topological polar surface area (TPSA) is 58.6 Å². The molecular weight excluding hydrogens is 445 g/mol. The van der Waals surface area contributed by atoms with Crippen LogP contribution in [0.5, 0.6) is 5.75 Å². The standard InChI is InChI=1S/C26H31Cl2NO3/c1-15(13-30)14-32-19-8-9-20(22(28)12-19)21-10-11-26(3)24(16(2)29-25(26)31)23(21)17-4-6-18(27)7-5-17/h4-9,12,15-16,21,23-24,30H,10-11,13-14H2,1-3H3,(H,29,31)/t15-,16+,21-,23-,24-,26+/m0/s1. The molecule has 2 fully saturated rings. The summed E-state index contributed by atoms with van der Waals surface area (Å²) in [7, 11) is 0. The molecule has 1 aliphatic carbocycles. The molecule has 6 heteroatoms. The van der Waals surface area contributed by atoms with Gasteiger partial charge in [0.15, 0.2) is 0 Å². The van der Waals surface area contributed by atoms with Crippen molar-refractivity contribution in [2.24, 2.45) is 17.3 Å². The number of aliphatic hydroxyl groups excluding tert-OH is 1. The van der Waals surface area contributed by atoms with Gasteiger partial charge in [0, 0.05) is 34.5 Å². The van der Waals surface area contributed by atoms with Crippen LogP contribution in [0.1, 0.15) is 56.6 Å². The van der Waals surface area contributed by atoms with Crippen molar-refractivity contribution in [2.75, 3.05) is 13.2 Å². The summed E-state index contributed by atoms with van der Waals surface area (Å²) in [6, 6.07) is 14.0. The molecule has 2 aromatic rings. The molecule has 2 aromatic carbocycles. The van der Waals surface area contributed by atoms with Crippen molar-refractivity contribution in [3.63, 3.8) is 0 Å². The van der Waals surface area contributed by atoms with Crippen molar-refractivity contribution in [3.05, 3.63) is 63.6 Å². The first-order chi connectivity index (χ1) is 15.2. The molecule has 0 radical (unpaired) electrons. The molecule has 1 saturated carbocycles. The maximum atomic E-state index is 12.9. The van der Waals surface area contributed by atoms with E-state index in [4.69, 9.17) is 27.9 Å². The van der Waals surface area contributed by atoms with Gasteiger partial charge in [0.1, 0.15) is 5.75 Å². The Morgan fingerprint density at radius 3 is 2.59 bits per heavy atom. The Kier molecular flexibility index (Phi) is 6.76. The third kappa shape index (κ3) is 4.25. The van der Waals surface area contributed by atoms with Crippen molar-refractivity contribution < 1.29 is 14.6 Å². The smallest absolute Gasteiger partial charge is 0.226 e. The Bertz CT molecular complexity index is 980. The second-order valence-corrected chi connectivity index (χ2v) is 10.6. The summed E-state index contributed by atoms with van der Waals surface area (Å²) < 4.78 is 5.81. The third-order valence-electron chi connectivity index (χ3n) is 7.42. The number of hydrogen-bond donors (Lipinski definition) is 2. The zero-order valence-electron chi connectivity index (χ0n) is 18.8. The second kappa shape index (κ2) is 9.24. The Morgan fingerprint density at radius 2 is 1.94 bits per heavy atom. The van der Waals surface area contributed by atoms with Gasteiger partial charge in [0.2, 0.25) is 5.91 Å².